The molecule has 0 bridgehead atoms. The molecular weight excluding hydrogens is 394 g/mol. The molecule has 0 unspecified atom stereocenters. The molecule has 1 amide bonds. The molecule has 0 atom stereocenters. The summed E-state index contributed by atoms with van der Waals surface area (Å²) in [7, 11) is 0. The second kappa shape index (κ2) is 7.98. The number of aliphatic hydroxyl groups is 1. The zero-order chi connectivity index (χ0) is 21.4. The van der Waals surface area contributed by atoms with Gasteiger partial charge in [-0.3, -0.25) is 4.79 Å². The van der Waals surface area contributed by atoms with E-state index in [1.165, 1.54) is 4.40 Å². The number of hydrogen-bond donors (Lipinski definition) is 4. The van der Waals surface area contributed by atoms with Crippen LogP contribution < -0.4 is 16.3 Å². The topological polar surface area (TPSA) is 112 Å². The number of carbonyl (C=O) groups is 1. The first kappa shape index (κ1) is 19.5. The van der Waals surface area contributed by atoms with Crippen LogP contribution in [0.25, 0.3) is 27.7 Å². The SMILES string of the molecule is O=C(NC1CCNCC1)c1cc2n[nH]c(=O)n2c2cc(-c3ccccc3CO)ccc12. The first-order valence-corrected chi connectivity index (χ1v) is 10.4. The molecule has 1 aliphatic heterocycles. The highest BCUT2D eigenvalue weighted by Crippen LogP contribution is 2.29. The van der Waals surface area contributed by atoms with Gasteiger partial charge < -0.3 is 15.7 Å². The number of carbonyl (C=O) groups excluding carboxylic acids is 1. The largest absolute Gasteiger partial charge is 0.392 e. The lowest BCUT2D eigenvalue weighted by Crippen LogP contribution is -2.42. The lowest BCUT2D eigenvalue weighted by molar-refractivity contribution is 0.0931. The number of fused-ring (bicyclic) bond motifs is 3. The highest BCUT2D eigenvalue weighted by atomic mass is 16.3. The lowest BCUT2D eigenvalue weighted by Gasteiger charge is -2.24. The summed E-state index contributed by atoms with van der Waals surface area (Å²) < 4.78 is 1.47. The van der Waals surface area contributed by atoms with E-state index in [1.54, 1.807) is 6.07 Å². The molecule has 0 spiro atoms. The van der Waals surface area contributed by atoms with Crippen molar-refractivity contribution in [1.29, 1.82) is 0 Å². The zero-order valence-electron chi connectivity index (χ0n) is 16.9. The molecule has 8 heteroatoms. The monoisotopic (exact) mass is 417 g/mol. The molecular formula is C23H23N5O3. The second-order valence-corrected chi connectivity index (χ2v) is 7.83. The highest BCUT2D eigenvalue weighted by molar-refractivity contribution is 6.08. The molecule has 2 aromatic heterocycles. The molecule has 4 aromatic rings. The Labute approximate surface area is 177 Å². The molecule has 1 saturated heterocycles. The number of nitrogens with one attached hydrogen (secondary N) is 3. The maximum absolute atomic E-state index is 13.1. The van der Waals surface area contributed by atoms with Crippen molar-refractivity contribution >= 4 is 22.5 Å². The predicted molar refractivity (Wildman–Crippen MR) is 118 cm³/mol. The van der Waals surface area contributed by atoms with Crippen LogP contribution in [0.1, 0.15) is 28.8 Å². The fourth-order valence-electron chi connectivity index (χ4n) is 4.31. The van der Waals surface area contributed by atoms with Gasteiger partial charge in [-0.1, -0.05) is 36.4 Å². The number of rotatable bonds is 4. The molecule has 4 N–H and O–H groups in total. The summed E-state index contributed by atoms with van der Waals surface area (Å²) in [4.78, 5) is 25.6. The zero-order valence-corrected chi connectivity index (χ0v) is 16.9. The Kier molecular flexibility index (Phi) is 5.01. The van der Waals surface area contributed by atoms with E-state index in [0.717, 1.165) is 42.6 Å². The van der Waals surface area contributed by atoms with Crippen LogP contribution in [0, 0.1) is 0 Å². The maximum atomic E-state index is 13.1. The van der Waals surface area contributed by atoms with Crippen LogP contribution >= 0.6 is 0 Å². The lowest BCUT2D eigenvalue weighted by atomic mass is 9.97. The highest BCUT2D eigenvalue weighted by Gasteiger charge is 2.20. The Morgan fingerprint density at radius 3 is 2.77 bits per heavy atom. The van der Waals surface area contributed by atoms with Crippen molar-refractivity contribution < 1.29 is 9.90 Å². The van der Waals surface area contributed by atoms with Crippen molar-refractivity contribution in [2.75, 3.05) is 13.1 Å². The number of aromatic nitrogens is 3. The number of aromatic amines is 1. The number of benzene rings is 2. The Balaban J connectivity index is 1.67. The molecule has 31 heavy (non-hydrogen) atoms. The van der Waals surface area contributed by atoms with Crippen molar-refractivity contribution in [1.82, 2.24) is 25.2 Å². The van der Waals surface area contributed by atoms with Gasteiger partial charge in [-0.2, -0.15) is 5.10 Å². The van der Waals surface area contributed by atoms with Crippen molar-refractivity contribution in [3.05, 3.63) is 70.1 Å². The van der Waals surface area contributed by atoms with E-state index in [2.05, 4.69) is 20.8 Å². The number of piperidine rings is 1. The number of hydrogen-bond acceptors (Lipinski definition) is 5. The molecule has 0 saturated carbocycles. The minimum Gasteiger partial charge on any atom is -0.392 e. The van der Waals surface area contributed by atoms with Gasteiger partial charge in [0.25, 0.3) is 5.91 Å². The van der Waals surface area contributed by atoms with E-state index < -0.39 is 0 Å². The minimum atomic E-state index is -0.363. The molecule has 2 aromatic carbocycles. The van der Waals surface area contributed by atoms with Gasteiger partial charge in [0.15, 0.2) is 5.65 Å². The molecule has 5 rings (SSSR count). The van der Waals surface area contributed by atoms with Crippen LogP contribution in [-0.4, -0.2) is 44.7 Å². The third kappa shape index (κ3) is 3.49. The number of amides is 1. The quantitative estimate of drug-likeness (QED) is 0.405. The molecule has 0 aliphatic carbocycles. The Hall–Kier alpha value is -3.49. The van der Waals surface area contributed by atoms with Gasteiger partial charge >= 0.3 is 5.69 Å². The van der Waals surface area contributed by atoms with Gasteiger partial charge in [-0.05, 0) is 54.8 Å². The molecule has 1 fully saturated rings. The average Bonchev–Trinajstić information content (AvgIpc) is 3.19. The fourth-order valence-corrected chi connectivity index (χ4v) is 4.31. The van der Waals surface area contributed by atoms with Crippen LogP contribution in [-0.2, 0) is 6.61 Å². The first-order chi connectivity index (χ1) is 15.2. The number of nitrogens with zero attached hydrogens (tertiary/aromatic N) is 2. The van der Waals surface area contributed by atoms with Gasteiger partial charge in [0.2, 0.25) is 0 Å². The molecule has 0 radical (unpaired) electrons. The van der Waals surface area contributed by atoms with Gasteiger partial charge in [0.1, 0.15) is 0 Å². The number of pyridine rings is 1. The summed E-state index contributed by atoms with van der Waals surface area (Å²) in [5.41, 5.74) is 3.62. The van der Waals surface area contributed by atoms with Crippen molar-refractivity contribution in [3.63, 3.8) is 0 Å². The van der Waals surface area contributed by atoms with E-state index in [0.29, 0.717) is 22.1 Å². The maximum Gasteiger partial charge on any atom is 0.348 e. The van der Waals surface area contributed by atoms with E-state index in [4.69, 9.17) is 0 Å². The molecule has 158 valence electrons. The summed E-state index contributed by atoms with van der Waals surface area (Å²) in [5.74, 6) is -0.168. The van der Waals surface area contributed by atoms with Crippen LogP contribution in [0.2, 0.25) is 0 Å². The molecule has 8 nitrogen and oxygen atoms in total. The van der Waals surface area contributed by atoms with Crippen molar-refractivity contribution in [2.45, 2.75) is 25.5 Å². The summed E-state index contributed by atoms with van der Waals surface area (Å²) >= 11 is 0. The Bertz CT molecular complexity index is 1330. The summed E-state index contributed by atoms with van der Waals surface area (Å²) in [6.07, 6.45) is 1.77. The third-order valence-corrected chi connectivity index (χ3v) is 5.92. The second-order valence-electron chi connectivity index (χ2n) is 7.83. The normalized spacial score (nSPS) is 14.9. The van der Waals surface area contributed by atoms with Crippen LogP contribution in [0.3, 0.4) is 0 Å². The van der Waals surface area contributed by atoms with Crippen LogP contribution in [0.15, 0.2) is 53.3 Å². The third-order valence-electron chi connectivity index (χ3n) is 5.92. The van der Waals surface area contributed by atoms with Crippen LogP contribution in [0.5, 0.6) is 0 Å². The number of aliphatic hydroxyl groups excluding tert-OH is 1. The van der Waals surface area contributed by atoms with E-state index in [1.807, 2.05) is 42.5 Å². The Morgan fingerprint density at radius 2 is 1.97 bits per heavy atom. The van der Waals surface area contributed by atoms with Gasteiger partial charge in [-0.25, -0.2) is 14.3 Å². The van der Waals surface area contributed by atoms with Gasteiger partial charge in [0, 0.05) is 11.4 Å². The van der Waals surface area contributed by atoms with Crippen molar-refractivity contribution in [3.8, 4) is 11.1 Å². The van der Waals surface area contributed by atoms with Gasteiger partial charge in [0.05, 0.1) is 17.7 Å². The van der Waals surface area contributed by atoms with E-state index >= 15 is 0 Å². The standard InChI is InChI=1S/C23H23N5O3/c29-13-15-3-1-2-4-17(15)14-5-6-18-19(22(30)25-16-7-9-24-10-8-16)12-21-26-27-23(31)28(21)20(18)11-14/h1-6,11-12,16,24,29H,7-10,13H2,(H,25,30)(H,27,31). The number of H-pyrrole nitrogens is 1. The smallest absolute Gasteiger partial charge is 0.348 e. The summed E-state index contributed by atoms with van der Waals surface area (Å²) in [6, 6.07) is 15.0. The summed E-state index contributed by atoms with van der Waals surface area (Å²) in [6.45, 7) is 1.67. The van der Waals surface area contributed by atoms with E-state index in [-0.39, 0.29) is 24.2 Å². The molecule has 1 aliphatic rings. The van der Waals surface area contributed by atoms with E-state index in [9.17, 15) is 14.7 Å². The van der Waals surface area contributed by atoms with Gasteiger partial charge in [-0.15, -0.1) is 0 Å². The molecule has 3 heterocycles. The fraction of sp³-hybridized carbons (Fsp3) is 0.261. The van der Waals surface area contributed by atoms with Crippen molar-refractivity contribution in [2.24, 2.45) is 0 Å². The van der Waals surface area contributed by atoms with Crippen LogP contribution in [0.4, 0.5) is 0 Å². The average molecular weight is 417 g/mol. The first-order valence-electron chi connectivity index (χ1n) is 10.4. The Morgan fingerprint density at radius 1 is 1.16 bits per heavy atom. The summed E-state index contributed by atoms with van der Waals surface area (Å²) in [5, 5.41) is 23.4. The predicted octanol–water partition coefficient (Wildman–Crippen LogP) is 1.82. The minimum absolute atomic E-state index is 0.0893.